The number of amides is 1. The number of ether oxygens (including phenoxy) is 1. The molecule has 0 fully saturated rings. The number of benzene rings is 1. The third-order valence-corrected chi connectivity index (χ3v) is 3.96. The quantitative estimate of drug-likeness (QED) is 0.922. The molecule has 1 aliphatic rings. The molecule has 0 unspecified atom stereocenters. The van der Waals surface area contributed by atoms with Crippen LogP contribution in [0.15, 0.2) is 30.3 Å². The summed E-state index contributed by atoms with van der Waals surface area (Å²) in [5.41, 5.74) is 0.612. The van der Waals surface area contributed by atoms with Crippen LogP contribution in [0.25, 0.3) is 11.4 Å². The first-order valence-electron chi connectivity index (χ1n) is 8.59. The van der Waals surface area contributed by atoms with Crippen LogP contribution in [0.1, 0.15) is 26.6 Å². The van der Waals surface area contributed by atoms with Gasteiger partial charge in [0.2, 0.25) is 0 Å². The Morgan fingerprint density at radius 3 is 2.68 bits per heavy atom. The molecular weight excluding hydrogens is 318 g/mol. The SMILES string of the molecule is CC(C)(C)OC(=O)NCCN1CCn2c(nnc2-c2ccccc2)C1. The Morgan fingerprint density at radius 1 is 1.20 bits per heavy atom. The summed E-state index contributed by atoms with van der Waals surface area (Å²) in [6.07, 6.45) is -0.376. The molecule has 1 aliphatic heterocycles. The van der Waals surface area contributed by atoms with Crippen molar-refractivity contribution in [1.29, 1.82) is 0 Å². The molecule has 3 rings (SSSR count). The van der Waals surface area contributed by atoms with Crippen molar-refractivity contribution in [3.05, 3.63) is 36.2 Å². The average Bonchev–Trinajstić information content (AvgIpc) is 2.97. The highest BCUT2D eigenvalue weighted by atomic mass is 16.6. The summed E-state index contributed by atoms with van der Waals surface area (Å²) < 4.78 is 7.41. The second-order valence-corrected chi connectivity index (χ2v) is 7.16. The molecule has 7 heteroatoms. The number of nitrogens with zero attached hydrogens (tertiary/aromatic N) is 4. The Hall–Kier alpha value is -2.41. The Morgan fingerprint density at radius 2 is 1.96 bits per heavy atom. The first-order chi connectivity index (χ1) is 11.9. The standard InChI is InChI=1S/C18H25N5O2/c1-18(2,3)25-17(24)19-9-10-22-11-12-23-15(13-22)20-21-16(23)14-7-5-4-6-8-14/h4-8H,9-13H2,1-3H3,(H,19,24). The van der Waals surface area contributed by atoms with E-state index in [-0.39, 0.29) is 6.09 Å². The number of alkyl carbamates (subject to hydrolysis) is 1. The van der Waals surface area contributed by atoms with Crippen molar-refractivity contribution >= 4 is 6.09 Å². The molecule has 7 nitrogen and oxygen atoms in total. The molecule has 0 saturated carbocycles. The second kappa shape index (κ2) is 7.23. The van der Waals surface area contributed by atoms with E-state index in [1.807, 2.05) is 39.0 Å². The number of aromatic nitrogens is 3. The minimum absolute atomic E-state index is 0.376. The normalized spacial score (nSPS) is 14.8. The van der Waals surface area contributed by atoms with Crippen molar-refractivity contribution in [3.8, 4) is 11.4 Å². The van der Waals surface area contributed by atoms with Gasteiger partial charge >= 0.3 is 6.09 Å². The number of hydrogen-bond acceptors (Lipinski definition) is 5. The van der Waals surface area contributed by atoms with Crippen LogP contribution >= 0.6 is 0 Å². The zero-order valence-corrected chi connectivity index (χ0v) is 15.0. The minimum Gasteiger partial charge on any atom is -0.444 e. The van der Waals surface area contributed by atoms with Gasteiger partial charge in [-0.1, -0.05) is 30.3 Å². The Balaban J connectivity index is 1.53. The largest absolute Gasteiger partial charge is 0.444 e. The predicted octanol–water partition coefficient (Wildman–Crippen LogP) is 2.29. The van der Waals surface area contributed by atoms with Crippen molar-refractivity contribution in [2.24, 2.45) is 0 Å². The molecule has 1 aromatic carbocycles. The first kappa shape index (κ1) is 17.4. The number of hydrogen-bond donors (Lipinski definition) is 1. The second-order valence-electron chi connectivity index (χ2n) is 7.16. The van der Waals surface area contributed by atoms with Gasteiger partial charge in [0.05, 0.1) is 6.54 Å². The van der Waals surface area contributed by atoms with Gasteiger partial charge in [0, 0.05) is 31.7 Å². The van der Waals surface area contributed by atoms with Crippen LogP contribution in [0.5, 0.6) is 0 Å². The van der Waals surface area contributed by atoms with Crippen molar-refractivity contribution < 1.29 is 9.53 Å². The van der Waals surface area contributed by atoms with Gasteiger partial charge in [-0.05, 0) is 20.8 Å². The van der Waals surface area contributed by atoms with Crippen molar-refractivity contribution in [1.82, 2.24) is 25.0 Å². The van der Waals surface area contributed by atoms with E-state index in [0.29, 0.717) is 6.54 Å². The van der Waals surface area contributed by atoms with Crippen LogP contribution in [0.3, 0.4) is 0 Å². The van der Waals surface area contributed by atoms with Crippen LogP contribution < -0.4 is 5.32 Å². The monoisotopic (exact) mass is 343 g/mol. The molecule has 0 radical (unpaired) electrons. The van der Waals surface area contributed by atoms with Gasteiger partial charge in [0.15, 0.2) is 5.82 Å². The predicted molar refractivity (Wildman–Crippen MR) is 95.0 cm³/mol. The summed E-state index contributed by atoms with van der Waals surface area (Å²) in [5, 5.41) is 11.5. The molecule has 1 amide bonds. The maximum absolute atomic E-state index is 11.7. The van der Waals surface area contributed by atoms with Crippen LogP contribution in [0.4, 0.5) is 4.79 Å². The van der Waals surface area contributed by atoms with Gasteiger partial charge < -0.3 is 14.6 Å². The van der Waals surface area contributed by atoms with Gasteiger partial charge in [-0.25, -0.2) is 4.79 Å². The number of carbonyl (C=O) groups is 1. The van der Waals surface area contributed by atoms with E-state index in [9.17, 15) is 4.79 Å². The summed E-state index contributed by atoms with van der Waals surface area (Å²) in [4.78, 5) is 13.9. The number of fused-ring (bicyclic) bond motifs is 1. The molecule has 0 aliphatic carbocycles. The molecule has 25 heavy (non-hydrogen) atoms. The Labute approximate surface area is 148 Å². The fraction of sp³-hybridized carbons (Fsp3) is 0.500. The third kappa shape index (κ3) is 4.57. The maximum Gasteiger partial charge on any atom is 0.407 e. The zero-order valence-electron chi connectivity index (χ0n) is 15.0. The lowest BCUT2D eigenvalue weighted by Crippen LogP contribution is -2.41. The zero-order chi connectivity index (χ0) is 17.9. The van der Waals surface area contributed by atoms with Crippen LogP contribution in [-0.4, -0.2) is 51.0 Å². The summed E-state index contributed by atoms with van der Waals surface area (Å²) in [6, 6.07) is 10.1. The molecule has 134 valence electrons. The summed E-state index contributed by atoms with van der Waals surface area (Å²) >= 11 is 0. The summed E-state index contributed by atoms with van der Waals surface area (Å²) in [6.45, 7) is 9.36. The van der Waals surface area contributed by atoms with E-state index in [1.165, 1.54) is 0 Å². The lowest BCUT2D eigenvalue weighted by molar-refractivity contribution is 0.0520. The molecule has 0 bridgehead atoms. The molecule has 2 aromatic rings. The van der Waals surface area contributed by atoms with Gasteiger partial charge in [-0.2, -0.15) is 0 Å². The smallest absolute Gasteiger partial charge is 0.407 e. The van der Waals surface area contributed by atoms with E-state index in [2.05, 4.69) is 37.1 Å². The molecule has 0 atom stereocenters. The fourth-order valence-electron chi connectivity index (χ4n) is 2.83. The molecular formula is C18H25N5O2. The Bertz CT molecular complexity index is 721. The van der Waals surface area contributed by atoms with Gasteiger partial charge in [-0.3, -0.25) is 4.90 Å². The highest BCUT2D eigenvalue weighted by molar-refractivity contribution is 5.67. The Kier molecular flexibility index (Phi) is 5.03. The maximum atomic E-state index is 11.7. The van der Waals surface area contributed by atoms with E-state index in [0.717, 1.165) is 43.4 Å². The highest BCUT2D eigenvalue weighted by Gasteiger charge is 2.22. The lowest BCUT2D eigenvalue weighted by atomic mass is 10.2. The fourth-order valence-corrected chi connectivity index (χ4v) is 2.83. The number of rotatable bonds is 4. The van der Waals surface area contributed by atoms with Gasteiger partial charge in [0.25, 0.3) is 0 Å². The van der Waals surface area contributed by atoms with E-state index >= 15 is 0 Å². The van der Waals surface area contributed by atoms with Crippen molar-refractivity contribution in [3.63, 3.8) is 0 Å². The van der Waals surface area contributed by atoms with E-state index in [1.54, 1.807) is 0 Å². The third-order valence-electron chi connectivity index (χ3n) is 3.96. The van der Waals surface area contributed by atoms with Gasteiger partial charge in [0.1, 0.15) is 11.4 Å². The van der Waals surface area contributed by atoms with E-state index in [4.69, 9.17) is 4.74 Å². The number of nitrogens with one attached hydrogen (secondary N) is 1. The summed E-state index contributed by atoms with van der Waals surface area (Å²) in [7, 11) is 0. The van der Waals surface area contributed by atoms with Crippen LogP contribution in [-0.2, 0) is 17.8 Å². The summed E-state index contributed by atoms with van der Waals surface area (Å²) in [5.74, 6) is 1.88. The lowest BCUT2D eigenvalue weighted by Gasteiger charge is -2.28. The molecule has 1 N–H and O–H groups in total. The molecule has 2 heterocycles. The van der Waals surface area contributed by atoms with Crippen molar-refractivity contribution in [2.75, 3.05) is 19.6 Å². The van der Waals surface area contributed by atoms with Crippen molar-refractivity contribution in [2.45, 2.75) is 39.5 Å². The topological polar surface area (TPSA) is 72.3 Å². The first-order valence-corrected chi connectivity index (χ1v) is 8.59. The highest BCUT2D eigenvalue weighted by Crippen LogP contribution is 2.21. The average molecular weight is 343 g/mol. The van der Waals surface area contributed by atoms with Crippen LogP contribution in [0, 0.1) is 0 Å². The molecule has 0 spiro atoms. The molecule has 0 saturated heterocycles. The minimum atomic E-state index is -0.473. The van der Waals surface area contributed by atoms with Gasteiger partial charge in [-0.15, -0.1) is 10.2 Å². The van der Waals surface area contributed by atoms with E-state index < -0.39 is 5.60 Å². The van der Waals surface area contributed by atoms with Crippen LogP contribution in [0.2, 0.25) is 0 Å². The number of carbonyl (C=O) groups excluding carboxylic acids is 1. The molecule has 1 aromatic heterocycles.